The van der Waals surface area contributed by atoms with Crippen molar-refractivity contribution in [3.63, 3.8) is 0 Å². The van der Waals surface area contributed by atoms with Crippen LogP contribution in [0.1, 0.15) is 20.3 Å². The maximum atomic E-state index is 13.3. The maximum Gasteiger partial charge on any atom is 0.243 e. The van der Waals surface area contributed by atoms with Crippen molar-refractivity contribution in [3.05, 3.63) is 24.0 Å². The van der Waals surface area contributed by atoms with Crippen molar-refractivity contribution in [2.45, 2.75) is 31.2 Å². The normalized spacial score (nSPS) is 13.7. The summed E-state index contributed by atoms with van der Waals surface area (Å²) >= 11 is 0. The maximum absolute atomic E-state index is 13.3. The molecule has 6 heteroatoms. The number of nitrogens with one attached hydrogen (secondary N) is 1. The minimum Gasteiger partial charge on any atom is -0.399 e. The molecule has 0 heterocycles. The average Bonchev–Trinajstić information content (AvgIpc) is 2.20. The summed E-state index contributed by atoms with van der Waals surface area (Å²) in [4.78, 5) is -0.409. The van der Waals surface area contributed by atoms with Crippen molar-refractivity contribution in [2.75, 3.05) is 5.73 Å². The lowest BCUT2D eigenvalue weighted by molar-refractivity contribution is 0.539. The number of hydrogen-bond donors (Lipinski definition) is 2. The fourth-order valence-electron chi connectivity index (χ4n) is 1.14. The highest BCUT2D eigenvalue weighted by Gasteiger charge is 2.20. The van der Waals surface area contributed by atoms with Gasteiger partial charge >= 0.3 is 0 Å². The first kappa shape index (κ1) is 12.9. The lowest BCUT2D eigenvalue weighted by Crippen LogP contribution is -2.32. The second kappa shape index (κ2) is 4.80. The van der Waals surface area contributed by atoms with Crippen LogP contribution in [-0.2, 0) is 10.0 Å². The van der Waals surface area contributed by atoms with Gasteiger partial charge in [-0.25, -0.2) is 17.5 Å². The van der Waals surface area contributed by atoms with E-state index in [1.165, 1.54) is 6.07 Å². The van der Waals surface area contributed by atoms with E-state index in [4.69, 9.17) is 5.73 Å². The fraction of sp³-hybridized carbons (Fsp3) is 0.400. The van der Waals surface area contributed by atoms with Crippen LogP contribution in [0.5, 0.6) is 0 Å². The number of nitrogen functional groups attached to an aromatic ring is 1. The molecule has 1 aromatic rings. The first-order valence-corrected chi connectivity index (χ1v) is 6.42. The van der Waals surface area contributed by atoms with Gasteiger partial charge in [0.05, 0.1) is 0 Å². The molecule has 16 heavy (non-hydrogen) atoms. The van der Waals surface area contributed by atoms with E-state index in [1.54, 1.807) is 6.92 Å². The molecule has 4 nitrogen and oxygen atoms in total. The quantitative estimate of drug-likeness (QED) is 0.790. The van der Waals surface area contributed by atoms with E-state index < -0.39 is 20.7 Å². The summed E-state index contributed by atoms with van der Waals surface area (Å²) in [5, 5.41) is 0. The third-order valence-electron chi connectivity index (χ3n) is 2.21. The van der Waals surface area contributed by atoms with Gasteiger partial charge in [0.1, 0.15) is 10.7 Å². The molecule has 0 spiro atoms. The molecule has 0 aliphatic carbocycles. The summed E-state index contributed by atoms with van der Waals surface area (Å²) in [6, 6.07) is 3.23. The summed E-state index contributed by atoms with van der Waals surface area (Å²) < 4.78 is 39.2. The van der Waals surface area contributed by atoms with E-state index >= 15 is 0 Å². The predicted octanol–water partition coefficient (Wildman–Crippen LogP) is 1.48. The van der Waals surface area contributed by atoms with Crippen molar-refractivity contribution in [2.24, 2.45) is 0 Å². The minimum atomic E-state index is -3.83. The van der Waals surface area contributed by atoms with Crippen LogP contribution in [0.25, 0.3) is 0 Å². The van der Waals surface area contributed by atoms with Crippen molar-refractivity contribution in [1.82, 2.24) is 4.72 Å². The van der Waals surface area contributed by atoms with Crippen molar-refractivity contribution >= 4 is 15.7 Å². The van der Waals surface area contributed by atoms with Crippen LogP contribution in [0.4, 0.5) is 10.1 Å². The van der Waals surface area contributed by atoms with Gasteiger partial charge < -0.3 is 5.73 Å². The van der Waals surface area contributed by atoms with Gasteiger partial charge in [0, 0.05) is 11.7 Å². The Morgan fingerprint density at radius 2 is 2.12 bits per heavy atom. The molecule has 1 atom stereocenters. The van der Waals surface area contributed by atoms with E-state index in [-0.39, 0.29) is 11.7 Å². The van der Waals surface area contributed by atoms with Gasteiger partial charge in [-0.2, -0.15) is 0 Å². The molecule has 0 aliphatic rings. The Morgan fingerprint density at radius 3 is 2.69 bits per heavy atom. The van der Waals surface area contributed by atoms with Gasteiger partial charge in [-0.1, -0.05) is 6.92 Å². The first-order chi connectivity index (χ1) is 7.36. The number of halogens is 1. The number of hydrogen-bond acceptors (Lipinski definition) is 3. The number of sulfonamides is 1. The van der Waals surface area contributed by atoms with Gasteiger partial charge in [-0.15, -0.1) is 0 Å². The van der Waals surface area contributed by atoms with Crippen LogP contribution in [0.15, 0.2) is 23.1 Å². The first-order valence-electron chi connectivity index (χ1n) is 4.94. The SMILES string of the molecule is CCC(C)NS(=O)(=O)c1cc(N)ccc1F. The molecule has 0 amide bonds. The second-order valence-corrected chi connectivity index (χ2v) is 5.30. The molecule has 3 N–H and O–H groups in total. The minimum absolute atomic E-state index is 0.214. The highest BCUT2D eigenvalue weighted by molar-refractivity contribution is 7.89. The standard InChI is InChI=1S/C10H15FN2O2S/c1-3-7(2)13-16(14,15)10-6-8(12)4-5-9(10)11/h4-7,13H,3,12H2,1-2H3. The predicted molar refractivity (Wildman–Crippen MR) is 60.9 cm³/mol. The molecule has 90 valence electrons. The zero-order valence-corrected chi connectivity index (χ0v) is 10.0. The molecule has 0 aliphatic heterocycles. The van der Waals surface area contributed by atoms with E-state index in [9.17, 15) is 12.8 Å². The van der Waals surface area contributed by atoms with Crippen LogP contribution < -0.4 is 10.5 Å². The Morgan fingerprint density at radius 1 is 1.50 bits per heavy atom. The van der Waals surface area contributed by atoms with Crippen molar-refractivity contribution in [3.8, 4) is 0 Å². The number of benzene rings is 1. The van der Waals surface area contributed by atoms with Crippen LogP contribution in [0.3, 0.4) is 0 Å². The zero-order valence-electron chi connectivity index (χ0n) is 9.20. The Bertz CT molecular complexity index is 474. The fourth-order valence-corrected chi connectivity index (χ4v) is 2.58. The molecule has 0 fully saturated rings. The molecule has 1 rings (SSSR count). The Balaban J connectivity index is 3.12. The average molecular weight is 246 g/mol. The molecule has 0 aromatic heterocycles. The van der Waals surface area contributed by atoms with Gasteiger partial charge in [-0.3, -0.25) is 0 Å². The second-order valence-electron chi connectivity index (χ2n) is 3.62. The topological polar surface area (TPSA) is 72.2 Å². The molecular weight excluding hydrogens is 231 g/mol. The number of nitrogens with two attached hydrogens (primary N) is 1. The van der Waals surface area contributed by atoms with Crippen LogP contribution in [0.2, 0.25) is 0 Å². The van der Waals surface area contributed by atoms with Crippen LogP contribution >= 0.6 is 0 Å². The molecule has 1 aromatic carbocycles. The van der Waals surface area contributed by atoms with E-state index in [1.807, 2.05) is 6.92 Å². The van der Waals surface area contributed by atoms with Crippen LogP contribution in [-0.4, -0.2) is 14.5 Å². The zero-order chi connectivity index (χ0) is 12.3. The molecule has 1 unspecified atom stereocenters. The van der Waals surface area contributed by atoms with E-state index in [0.717, 1.165) is 12.1 Å². The molecule has 0 radical (unpaired) electrons. The number of rotatable bonds is 4. The van der Waals surface area contributed by atoms with Gasteiger partial charge in [0.2, 0.25) is 10.0 Å². The molecule has 0 saturated heterocycles. The van der Waals surface area contributed by atoms with Gasteiger partial charge in [0.15, 0.2) is 0 Å². The Hall–Kier alpha value is -1.14. The summed E-state index contributed by atoms with van der Waals surface area (Å²) in [7, 11) is -3.83. The third kappa shape index (κ3) is 2.93. The Kier molecular flexibility index (Phi) is 3.88. The van der Waals surface area contributed by atoms with Gasteiger partial charge in [-0.05, 0) is 31.5 Å². The van der Waals surface area contributed by atoms with Crippen LogP contribution in [0, 0.1) is 5.82 Å². The lowest BCUT2D eigenvalue weighted by Gasteiger charge is -2.12. The number of anilines is 1. The molecule has 0 bridgehead atoms. The monoisotopic (exact) mass is 246 g/mol. The molecular formula is C10H15FN2O2S. The smallest absolute Gasteiger partial charge is 0.243 e. The lowest BCUT2D eigenvalue weighted by atomic mass is 10.3. The van der Waals surface area contributed by atoms with E-state index in [2.05, 4.69) is 4.72 Å². The van der Waals surface area contributed by atoms with Crippen molar-refractivity contribution < 1.29 is 12.8 Å². The summed E-state index contributed by atoms with van der Waals surface area (Å²) in [6.45, 7) is 3.55. The van der Waals surface area contributed by atoms with Crippen molar-refractivity contribution in [1.29, 1.82) is 0 Å². The summed E-state index contributed by atoms with van der Waals surface area (Å²) in [5.74, 6) is -0.801. The third-order valence-corrected chi connectivity index (χ3v) is 3.82. The Labute approximate surface area is 94.7 Å². The largest absolute Gasteiger partial charge is 0.399 e. The van der Waals surface area contributed by atoms with E-state index in [0.29, 0.717) is 6.42 Å². The highest BCUT2D eigenvalue weighted by Crippen LogP contribution is 2.17. The summed E-state index contributed by atoms with van der Waals surface area (Å²) in [6.07, 6.45) is 0.628. The van der Waals surface area contributed by atoms with Gasteiger partial charge in [0.25, 0.3) is 0 Å². The highest BCUT2D eigenvalue weighted by atomic mass is 32.2. The molecule has 0 saturated carbocycles. The summed E-state index contributed by atoms with van der Waals surface area (Å²) in [5.41, 5.74) is 5.64.